The molecule has 0 aliphatic rings. The van der Waals surface area contributed by atoms with Crippen LogP contribution < -0.4 is 5.09 Å². The predicted molar refractivity (Wildman–Crippen MR) is 52.8 cm³/mol. The van der Waals surface area contributed by atoms with E-state index in [0.29, 0.717) is 11.4 Å². The van der Waals surface area contributed by atoms with Gasteiger partial charge in [0.25, 0.3) is 0 Å². The standard InChI is InChI=1S/C6H5BrN3OP/c7-3-1-11-5-4(3)8-2-9-6(5)10-12/h1-2H,12H2,(H,8,9,10). The second-order valence-electron chi connectivity index (χ2n) is 2.13. The molecule has 62 valence electrons. The second kappa shape index (κ2) is 2.99. The molecular formula is C6H5BrN3OP. The van der Waals surface area contributed by atoms with Crippen molar-refractivity contribution in [3.05, 3.63) is 17.1 Å². The van der Waals surface area contributed by atoms with Crippen LogP contribution in [0.1, 0.15) is 0 Å². The van der Waals surface area contributed by atoms with Crippen molar-refractivity contribution < 1.29 is 4.42 Å². The van der Waals surface area contributed by atoms with Gasteiger partial charge >= 0.3 is 0 Å². The Balaban J connectivity index is 2.81. The van der Waals surface area contributed by atoms with Gasteiger partial charge in [0.05, 0.1) is 4.47 Å². The maximum atomic E-state index is 5.22. The summed E-state index contributed by atoms with van der Waals surface area (Å²) in [6.45, 7) is 0. The summed E-state index contributed by atoms with van der Waals surface area (Å²) < 4.78 is 6.06. The lowest BCUT2D eigenvalue weighted by atomic mass is 10.4. The molecule has 2 heterocycles. The smallest absolute Gasteiger partial charge is 0.195 e. The minimum Gasteiger partial charge on any atom is -0.457 e. The van der Waals surface area contributed by atoms with Gasteiger partial charge in [0.15, 0.2) is 11.4 Å². The minimum absolute atomic E-state index is 0.652. The number of halogens is 1. The van der Waals surface area contributed by atoms with Crippen LogP contribution in [0.2, 0.25) is 0 Å². The molecule has 0 aliphatic carbocycles. The first-order chi connectivity index (χ1) is 5.83. The van der Waals surface area contributed by atoms with Gasteiger partial charge in [-0.2, -0.15) is 0 Å². The molecule has 2 aromatic heterocycles. The Bertz CT molecular complexity index is 416. The van der Waals surface area contributed by atoms with Crippen LogP contribution in [-0.4, -0.2) is 9.97 Å². The molecule has 0 amide bonds. The van der Waals surface area contributed by atoms with E-state index in [-0.39, 0.29) is 0 Å². The molecule has 0 aliphatic heterocycles. The number of nitrogens with one attached hydrogen (secondary N) is 1. The molecule has 2 rings (SSSR count). The van der Waals surface area contributed by atoms with Gasteiger partial charge in [0.1, 0.15) is 18.1 Å². The first kappa shape index (κ1) is 7.95. The number of nitrogens with zero attached hydrogens (tertiary/aromatic N) is 2. The first-order valence-electron chi connectivity index (χ1n) is 3.17. The summed E-state index contributed by atoms with van der Waals surface area (Å²) in [5.74, 6) is 0.663. The van der Waals surface area contributed by atoms with Crippen LogP contribution in [0.5, 0.6) is 0 Å². The van der Waals surface area contributed by atoms with Crippen molar-refractivity contribution in [2.75, 3.05) is 5.09 Å². The number of furan rings is 1. The Morgan fingerprint density at radius 3 is 3.08 bits per heavy atom. The van der Waals surface area contributed by atoms with Gasteiger partial charge in [-0.05, 0) is 25.3 Å². The zero-order chi connectivity index (χ0) is 8.55. The Hall–Kier alpha value is -0.670. The summed E-state index contributed by atoms with van der Waals surface area (Å²) in [4.78, 5) is 8.03. The fraction of sp³-hybridized carbons (Fsp3) is 0. The molecule has 1 atom stereocenters. The van der Waals surface area contributed by atoms with Crippen molar-refractivity contribution in [3.63, 3.8) is 0 Å². The van der Waals surface area contributed by atoms with Crippen LogP contribution in [0.25, 0.3) is 11.1 Å². The van der Waals surface area contributed by atoms with Crippen molar-refractivity contribution in [2.45, 2.75) is 0 Å². The molecule has 0 aromatic carbocycles. The fourth-order valence-electron chi connectivity index (χ4n) is 0.925. The topological polar surface area (TPSA) is 51.0 Å². The summed E-state index contributed by atoms with van der Waals surface area (Å²) >= 11 is 3.31. The summed E-state index contributed by atoms with van der Waals surface area (Å²) in [7, 11) is 2.36. The average molecular weight is 246 g/mol. The Morgan fingerprint density at radius 2 is 2.33 bits per heavy atom. The van der Waals surface area contributed by atoms with Gasteiger partial charge in [-0.15, -0.1) is 0 Å². The summed E-state index contributed by atoms with van der Waals surface area (Å²) in [6, 6.07) is 0. The highest BCUT2D eigenvalue weighted by molar-refractivity contribution is 9.10. The minimum atomic E-state index is 0.652. The average Bonchev–Trinajstić information content (AvgIpc) is 2.48. The normalized spacial score (nSPS) is 10.5. The maximum Gasteiger partial charge on any atom is 0.195 e. The Labute approximate surface area is 79.2 Å². The molecule has 0 fully saturated rings. The monoisotopic (exact) mass is 245 g/mol. The Kier molecular flexibility index (Phi) is 1.98. The number of fused-ring (bicyclic) bond motifs is 1. The third-order valence-corrected chi connectivity index (χ3v) is 2.28. The zero-order valence-corrected chi connectivity index (χ0v) is 8.65. The summed E-state index contributed by atoms with van der Waals surface area (Å²) in [5.41, 5.74) is 1.43. The molecule has 0 radical (unpaired) electrons. The van der Waals surface area contributed by atoms with Gasteiger partial charge in [-0.1, -0.05) is 0 Å². The first-order valence-corrected chi connectivity index (χ1v) is 4.54. The molecule has 1 unspecified atom stereocenters. The van der Waals surface area contributed by atoms with Crippen molar-refractivity contribution in [3.8, 4) is 0 Å². The summed E-state index contributed by atoms with van der Waals surface area (Å²) in [6.07, 6.45) is 3.07. The molecule has 0 saturated carbocycles. The molecule has 4 nitrogen and oxygen atoms in total. The van der Waals surface area contributed by atoms with E-state index in [1.807, 2.05) is 0 Å². The van der Waals surface area contributed by atoms with Crippen LogP contribution in [0.3, 0.4) is 0 Å². The number of hydrogen-bond acceptors (Lipinski definition) is 4. The van der Waals surface area contributed by atoms with E-state index in [2.05, 4.69) is 40.4 Å². The highest BCUT2D eigenvalue weighted by Gasteiger charge is 2.08. The van der Waals surface area contributed by atoms with E-state index < -0.39 is 0 Å². The van der Waals surface area contributed by atoms with Crippen LogP contribution in [0.15, 0.2) is 21.5 Å². The van der Waals surface area contributed by atoms with Crippen LogP contribution in [0, 0.1) is 0 Å². The molecule has 0 spiro atoms. The molecule has 0 bridgehead atoms. The molecule has 2 aromatic rings. The van der Waals surface area contributed by atoms with Crippen LogP contribution in [-0.2, 0) is 0 Å². The predicted octanol–water partition coefficient (Wildman–Crippen LogP) is 2.19. The van der Waals surface area contributed by atoms with Gasteiger partial charge in [0, 0.05) is 0 Å². The molecule has 1 N–H and O–H groups in total. The highest BCUT2D eigenvalue weighted by Crippen LogP contribution is 2.28. The fourth-order valence-corrected chi connectivity index (χ4v) is 1.51. The van der Waals surface area contributed by atoms with E-state index in [1.54, 1.807) is 6.26 Å². The lowest BCUT2D eigenvalue weighted by Crippen LogP contribution is -1.86. The number of rotatable bonds is 1. The van der Waals surface area contributed by atoms with Crippen LogP contribution in [0.4, 0.5) is 5.82 Å². The third kappa shape index (κ3) is 1.09. The van der Waals surface area contributed by atoms with Gasteiger partial charge in [0.2, 0.25) is 0 Å². The molecule has 6 heteroatoms. The molecular weight excluding hydrogens is 241 g/mol. The lowest BCUT2D eigenvalue weighted by Gasteiger charge is -1.96. The van der Waals surface area contributed by atoms with Crippen molar-refractivity contribution in [1.29, 1.82) is 0 Å². The summed E-state index contributed by atoms with van der Waals surface area (Å²) in [5, 5.41) is 2.83. The molecule has 0 saturated heterocycles. The quantitative estimate of drug-likeness (QED) is 0.783. The van der Waals surface area contributed by atoms with E-state index in [0.717, 1.165) is 9.99 Å². The largest absolute Gasteiger partial charge is 0.457 e. The van der Waals surface area contributed by atoms with Crippen LogP contribution >= 0.6 is 25.3 Å². The van der Waals surface area contributed by atoms with E-state index in [4.69, 9.17) is 4.42 Å². The number of aromatic nitrogens is 2. The number of hydrogen-bond donors (Lipinski definition) is 1. The van der Waals surface area contributed by atoms with E-state index >= 15 is 0 Å². The maximum absolute atomic E-state index is 5.22. The van der Waals surface area contributed by atoms with Crippen molar-refractivity contribution >= 4 is 42.2 Å². The van der Waals surface area contributed by atoms with E-state index in [1.165, 1.54) is 6.33 Å². The van der Waals surface area contributed by atoms with Crippen molar-refractivity contribution in [1.82, 2.24) is 9.97 Å². The third-order valence-electron chi connectivity index (χ3n) is 1.45. The van der Waals surface area contributed by atoms with Gasteiger partial charge in [-0.3, -0.25) is 0 Å². The lowest BCUT2D eigenvalue weighted by molar-refractivity contribution is 0.613. The SMILES string of the molecule is PNc1ncnc2c(Br)coc12. The van der Waals surface area contributed by atoms with Gasteiger partial charge in [-0.25, -0.2) is 9.97 Å². The molecule has 12 heavy (non-hydrogen) atoms. The second-order valence-corrected chi connectivity index (χ2v) is 3.27. The van der Waals surface area contributed by atoms with E-state index in [9.17, 15) is 0 Å². The van der Waals surface area contributed by atoms with Gasteiger partial charge < -0.3 is 9.50 Å². The highest BCUT2D eigenvalue weighted by atomic mass is 79.9. The Morgan fingerprint density at radius 1 is 1.50 bits per heavy atom. The number of anilines is 1. The zero-order valence-electron chi connectivity index (χ0n) is 5.91. The van der Waals surface area contributed by atoms with Crippen molar-refractivity contribution in [2.24, 2.45) is 0 Å².